The molecule has 10 nitrogen and oxygen atoms in total. The molecule has 2 amide bonds. The summed E-state index contributed by atoms with van der Waals surface area (Å²) in [5.41, 5.74) is 2.55. The Morgan fingerprint density at radius 2 is 1.18 bits per heavy atom. The molecule has 2 bridgehead atoms. The zero-order valence-corrected chi connectivity index (χ0v) is 18.9. The van der Waals surface area contributed by atoms with Gasteiger partial charge in [-0.05, 0) is 61.8 Å². The first-order valence-corrected chi connectivity index (χ1v) is 11.1. The van der Waals surface area contributed by atoms with Crippen molar-refractivity contribution in [1.82, 2.24) is 0 Å². The number of allylic oxidation sites excluding steroid dienone is 2. The van der Waals surface area contributed by atoms with Gasteiger partial charge in [-0.15, -0.1) is 0 Å². The first-order valence-electron chi connectivity index (χ1n) is 11.1. The van der Waals surface area contributed by atoms with E-state index in [1.54, 1.807) is 26.0 Å². The number of carbonyl (C=O) groups is 2. The van der Waals surface area contributed by atoms with Crippen LogP contribution in [0.1, 0.15) is 24.0 Å². The summed E-state index contributed by atoms with van der Waals surface area (Å²) in [7, 11) is 0. The van der Waals surface area contributed by atoms with Crippen molar-refractivity contribution >= 4 is 34.6 Å². The first kappa shape index (κ1) is 24.0. The van der Waals surface area contributed by atoms with Gasteiger partial charge in [0.25, 0.3) is 0 Å². The van der Waals surface area contributed by atoms with E-state index in [1.807, 2.05) is 12.2 Å². The molecule has 0 radical (unpaired) electrons. The number of carbonyl (C=O) groups excluding carboxylic acids is 2. The van der Waals surface area contributed by atoms with Crippen LogP contribution < -0.4 is 21.1 Å². The van der Waals surface area contributed by atoms with Crippen LogP contribution in [-0.4, -0.2) is 22.2 Å². The van der Waals surface area contributed by atoms with Crippen molar-refractivity contribution < 1.29 is 30.5 Å². The third kappa shape index (κ3) is 4.73. The van der Waals surface area contributed by atoms with Crippen LogP contribution in [0.5, 0.6) is 0 Å². The molecule has 1 saturated carbocycles. The maximum absolute atomic E-state index is 13.4. The van der Waals surface area contributed by atoms with Crippen molar-refractivity contribution in [3.8, 4) is 0 Å². The molecule has 34 heavy (non-hydrogen) atoms. The Hall–Kier alpha value is -3.12. The average Bonchev–Trinajstić information content (AvgIpc) is 2.81. The van der Waals surface area contributed by atoms with E-state index in [4.69, 9.17) is 10.4 Å². The topological polar surface area (TPSA) is 154 Å². The molecule has 1 fully saturated rings. The monoisotopic (exact) mass is 468 g/mol. The van der Waals surface area contributed by atoms with Gasteiger partial charge < -0.3 is 21.0 Å². The number of amides is 2. The van der Waals surface area contributed by atoms with Crippen LogP contribution in [0.3, 0.4) is 0 Å². The molecule has 3 aliphatic carbocycles. The standard InChI is InChI=1S/C24H28N4O6/c1-13-11-17(27(31)32)7-9-19(13)25-23(29)21-15-3-5-16(6-4-15)22(21)24(30)26-20-10-8-18(28(33)34)12-14(20)2/h3,5,7-12,15-16,21-22,27-28,31,33H,4,6H2,1-2H3,(H,25,29)(H,26,30). The summed E-state index contributed by atoms with van der Waals surface area (Å²) < 4.78 is 0. The second kappa shape index (κ2) is 9.63. The number of quaternary nitrogens is 2. The molecule has 6 atom stereocenters. The van der Waals surface area contributed by atoms with E-state index in [0.717, 1.165) is 12.8 Å². The smallest absolute Gasteiger partial charge is 0.228 e. The molecule has 0 heterocycles. The summed E-state index contributed by atoms with van der Waals surface area (Å²) in [6, 6.07) is 9.00. The fourth-order valence-electron chi connectivity index (χ4n) is 5.02. The number of aryl methyl sites for hydroxylation is 2. The van der Waals surface area contributed by atoms with Crippen LogP contribution in [0.4, 0.5) is 22.7 Å². The number of rotatable bonds is 6. The Labute approximate surface area is 196 Å². The lowest BCUT2D eigenvalue weighted by molar-refractivity contribution is -0.991. The zero-order chi connectivity index (χ0) is 24.6. The van der Waals surface area contributed by atoms with Crippen LogP contribution in [0.15, 0.2) is 48.6 Å². The first-order chi connectivity index (χ1) is 16.2. The van der Waals surface area contributed by atoms with Crippen molar-refractivity contribution in [2.75, 3.05) is 10.6 Å². The third-order valence-corrected chi connectivity index (χ3v) is 6.82. The van der Waals surface area contributed by atoms with Crippen LogP contribution in [0.25, 0.3) is 0 Å². The molecular weight excluding hydrogens is 440 g/mol. The Balaban J connectivity index is 1.55. The summed E-state index contributed by atoms with van der Waals surface area (Å²) in [5.74, 6) is -1.84. The lowest BCUT2D eigenvalue weighted by atomic mass is 9.61. The van der Waals surface area contributed by atoms with Gasteiger partial charge in [-0.1, -0.05) is 12.2 Å². The van der Waals surface area contributed by atoms with Crippen molar-refractivity contribution in [3.05, 3.63) is 70.1 Å². The van der Waals surface area contributed by atoms with Gasteiger partial charge in [0.2, 0.25) is 11.8 Å². The number of fused-ring (bicyclic) bond motifs is 2. The minimum absolute atomic E-state index is 0.0742. The molecule has 3 aliphatic rings. The number of nitrogens with one attached hydrogen (secondary N) is 4. The van der Waals surface area contributed by atoms with Crippen molar-refractivity contribution in [3.63, 3.8) is 0 Å². The molecule has 0 spiro atoms. The van der Waals surface area contributed by atoms with Crippen LogP contribution in [0.2, 0.25) is 0 Å². The molecule has 0 aromatic heterocycles. The number of hydrogen-bond acceptors (Lipinski definition) is 6. The molecule has 0 aliphatic heterocycles. The second-order valence-corrected chi connectivity index (χ2v) is 8.99. The predicted octanol–water partition coefficient (Wildman–Crippen LogP) is 1.52. The SMILES string of the molecule is Cc1cc([NH+]([O-])O)ccc1NC(=O)C1C2C=CC(CC2)C1C(=O)Nc1ccc([NH+]([O-])O)cc1C. The highest BCUT2D eigenvalue weighted by Gasteiger charge is 2.48. The van der Waals surface area contributed by atoms with Crippen LogP contribution in [0, 0.1) is 47.9 Å². The Kier molecular flexibility index (Phi) is 6.80. The number of hydrogen-bond donors (Lipinski definition) is 6. The maximum Gasteiger partial charge on any atom is 0.228 e. The normalized spacial score (nSPS) is 25.0. The largest absolute Gasteiger partial charge is 0.595 e. The summed E-state index contributed by atoms with van der Waals surface area (Å²) in [6.45, 7) is 3.45. The van der Waals surface area contributed by atoms with Crippen molar-refractivity contribution in [1.29, 1.82) is 0 Å². The molecule has 6 unspecified atom stereocenters. The highest BCUT2D eigenvalue weighted by Crippen LogP contribution is 2.46. The van der Waals surface area contributed by atoms with E-state index in [-0.39, 0.29) is 35.0 Å². The molecule has 5 rings (SSSR count). The Bertz CT molecular complexity index is 1040. The zero-order valence-electron chi connectivity index (χ0n) is 18.9. The van der Waals surface area contributed by atoms with Crippen LogP contribution >= 0.6 is 0 Å². The fourth-order valence-corrected chi connectivity index (χ4v) is 5.02. The summed E-state index contributed by atoms with van der Waals surface area (Å²) in [5, 5.41) is 44.4. The summed E-state index contributed by atoms with van der Waals surface area (Å²) in [6.07, 6.45) is 5.64. The van der Waals surface area contributed by atoms with Gasteiger partial charge >= 0.3 is 0 Å². The molecule has 10 heteroatoms. The minimum Gasteiger partial charge on any atom is -0.595 e. The third-order valence-electron chi connectivity index (χ3n) is 6.82. The fraction of sp³-hybridized carbons (Fsp3) is 0.333. The summed E-state index contributed by atoms with van der Waals surface area (Å²) in [4.78, 5) is 26.8. The van der Waals surface area contributed by atoms with E-state index in [2.05, 4.69) is 10.6 Å². The Morgan fingerprint density at radius 3 is 1.47 bits per heavy atom. The molecular formula is C24H28N4O6. The van der Waals surface area contributed by atoms with Gasteiger partial charge in [-0.2, -0.15) is 10.5 Å². The van der Waals surface area contributed by atoms with Crippen molar-refractivity contribution in [2.45, 2.75) is 26.7 Å². The van der Waals surface area contributed by atoms with Gasteiger partial charge in [0, 0.05) is 35.6 Å². The number of anilines is 2. The van der Waals surface area contributed by atoms with E-state index in [9.17, 15) is 20.0 Å². The van der Waals surface area contributed by atoms with Gasteiger partial charge in [-0.25, -0.2) is 10.4 Å². The molecule has 2 aromatic rings. The molecule has 180 valence electrons. The average molecular weight is 469 g/mol. The van der Waals surface area contributed by atoms with E-state index < -0.39 is 22.3 Å². The van der Waals surface area contributed by atoms with E-state index in [0.29, 0.717) is 22.5 Å². The predicted molar refractivity (Wildman–Crippen MR) is 124 cm³/mol. The highest BCUT2D eigenvalue weighted by atomic mass is 16.8. The lowest BCUT2D eigenvalue weighted by Crippen LogP contribution is -2.99. The quantitative estimate of drug-likeness (QED) is 0.279. The van der Waals surface area contributed by atoms with Crippen molar-refractivity contribution in [2.24, 2.45) is 23.7 Å². The Morgan fingerprint density at radius 1 is 0.794 bits per heavy atom. The van der Waals surface area contributed by atoms with E-state index in [1.165, 1.54) is 24.3 Å². The molecule has 2 aromatic carbocycles. The molecule has 6 N–H and O–H groups in total. The highest BCUT2D eigenvalue weighted by molar-refractivity contribution is 6.01. The van der Waals surface area contributed by atoms with Crippen LogP contribution in [-0.2, 0) is 9.59 Å². The maximum atomic E-state index is 13.4. The summed E-state index contributed by atoms with van der Waals surface area (Å²) >= 11 is 0. The van der Waals surface area contributed by atoms with Gasteiger partial charge in [-0.3, -0.25) is 9.59 Å². The van der Waals surface area contributed by atoms with Gasteiger partial charge in [0.05, 0.1) is 11.8 Å². The minimum atomic E-state index is -1.04. The number of benzene rings is 2. The molecule has 0 saturated heterocycles. The van der Waals surface area contributed by atoms with Gasteiger partial charge in [0.1, 0.15) is 0 Å². The van der Waals surface area contributed by atoms with E-state index >= 15 is 0 Å². The van der Waals surface area contributed by atoms with Gasteiger partial charge in [0.15, 0.2) is 11.4 Å². The lowest BCUT2D eigenvalue weighted by Gasteiger charge is -2.43. The second-order valence-electron chi connectivity index (χ2n) is 8.99.